The average Bonchev–Trinajstić information content (AvgIpc) is 3.72. The highest BCUT2D eigenvalue weighted by Gasteiger charge is 2.50. The molecule has 1 atom stereocenters. The Morgan fingerprint density at radius 3 is 2.00 bits per heavy atom. The molecule has 9 heteroatoms. The number of hydrogen-bond acceptors (Lipinski definition) is 5. The molecular weight excluding hydrogens is 453 g/mol. The van der Waals surface area contributed by atoms with Gasteiger partial charge in [-0.15, -0.1) is 0 Å². The number of aryl methyl sites for hydroxylation is 1. The first-order valence-corrected chi connectivity index (χ1v) is 12.8. The van der Waals surface area contributed by atoms with Gasteiger partial charge in [-0.2, -0.15) is 0 Å². The fraction of sp³-hybridized carbons (Fsp3) is 0.280. The molecule has 0 aromatic heterocycles. The summed E-state index contributed by atoms with van der Waals surface area (Å²) in [6, 6.07) is 20.3. The zero-order valence-electron chi connectivity index (χ0n) is 19.1. The third kappa shape index (κ3) is 4.76. The number of nitrogens with zero attached hydrogens (tertiary/aromatic N) is 3. The Morgan fingerprint density at radius 2 is 1.47 bits per heavy atom. The van der Waals surface area contributed by atoms with E-state index in [9.17, 15) is 14.7 Å². The van der Waals surface area contributed by atoms with E-state index >= 15 is 0 Å². The largest absolute Gasteiger partial charge is 0.450 e. The fourth-order valence-electron chi connectivity index (χ4n) is 3.78. The normalized spacial score (nSPS) is 16.8. The molecule has 1 unspecified atom stereocenters. The highest BCUT2D eigenvalue weighted by molar-refractivity contribution is 7.54. The van der Waals surface area contributed by atoms with Gasteiger partial charge in [-0.25, -0.2) is 9.34 Å². The molecule has 3 aromatic carbocycles. The van der Waals surface area contributed by atoms with Gasteiger partial charge in [-0.05, 0) is 54.8 Å². The number of nitro groups is 1. The van der Waals surface area contributed by atoms with Crippen LogP contribution in [0.25, 0.3) is 11.1 Å². The minimum atomic E-state index is -3.02. The molecule has 0 aliphatic carbocycles. The van der Waals surface area contributed by atoms with E-state index in [-0.39, 0.29) is 11.4 Å². The first kappa shape index (κ1) is 22.7. The molecule has 8 nitrogen and oxygen atoms in total. The molecule has 0 radical (unpaired) electrons. The monoisotopic (exact) mass is 479 g/mol. The van der Waals surface area contributed by atoms with Crippen LogP contribution in [0.15, 0.2) is 66.7 Å². The van der Waals surface area contributed by atoms with E-state index in [2.05, 4.69) is 24.3 Å². The lowest BCUT2D eigenvalue weighted by Gasteiger charge is -2.24. The van der Waals surface area contributed by atoms with Crippen LogP contribution in [0.4, 0.5) is 5.69 Å². The molecular formula is C25H26N3O5P. The van der Waals surface area contributed by atoms with Gasteiger partial charge in [0.15, 0.2) is 0 Å². The van der Waals surface area contributed by atoms with Crippen molar-refractivity contribution in [3.05, 3.63) is 88.0 Å². The summed E-state index contributed by atoms with van der Waals surface area (Å²) in [4.78, 5) is 11.1. The molecule has 2 aliphatic rings. The molecule has 0 amide bonds. The summed E-state index contributed by atoms with van der Waals surface area (Å²) in [7, 11) is -3.02. The zero-order valence-corrected chi connectivity index (χ0v) is 20.0. The third-order valence-corrected chi connectivity index (χ3v) is 8.80. The Labute approximate surface area is 198 Å². The second kappa shape index (κ2) is 8.96. The molecule has 34 heavy (non-hydrogen) atoms. The van der Waals surface area contributed by atoms with E-state index in [1.807, 2.05) is 28.4 Å². The summed E-state index contributed by atoms with van der Waals surface area (Å²) < 4.78 is 29.0. The fourth-order valence-corrected chi connectivity index (χ4v) is 6.13. The van der Waals surface area contributed by atoms with Crippen LogP contribution in [-0.4, -0.2) is 40.4 Å². The van der Waals surface area contributed by atoms with Crippen LogP contribution in [-0.2, 0) is 9.09 Å². The van der Waals surface area contributed by atoms with E-state index in [4.69, 9.17) is 9.26 Å². The summed E-state index contributed by atoms with van der Waals surface area (Å²) >= 11 is 0. The highest BCUT2D eigenvalue weighted by atomic mass is 31.2. The molecule has 2 fully saturated rings. The van der Waals surface area contributed by atoms with Gasteiger partial charge >= 0.3 is 13.4 Å². The smallest absolute Gasteiger partial charge is 0.346 e. The number of hydrogen-bond donors (Lipinski definition) is 0. The van der Waals surface area contributed by atoms with E-state index in [0.29, 0.717) is 11.3 Å². The van der Waals surface area contributed by atoms with Crippen molar-refractivity contribution in [2.24, 2.45) is 0 Å². The van der Waals surface area contributed by atoms with Crippen LogP contribution in [0.5, 0.6) is 11.5 Å². The van der Waals surface area contributed by atoms with Gasteiger partial charge in [0.05, 0.1) is 11.0 Å². The van der Waals surface area contributed by atoms with Crippen molar-refractivity contribution >= 4 is 13.4 Å². The molecule has 5 rings (SSSR count). The van der Waals surface area contributed by atoms with E-state index in [1.54, 1.807) is 31.2 Å². The van der Waals surface area contributed by atoms with Crippen molar-refractivity contribution < 1.29 is 18.7 Å². The lowest BCUT2D eigenvalue weighted by atomic mass is 10.0. The standard InChI is InChI=1S/C25H26N3O5P/c1-18-3-5-20(6-4-18)21-7-10-23(11-8-21)32-25-17-22(9-12-24(25)28(29)30)19(2)33-34(31,26-13-14-26)27-15-16-27/h3-12,17,19H,13-16H2,1-2H3. The Kier molecular flexibility index (Phi) is 6.00. The first-order chi connectivity index (χ1) is 16.3. The molecule has 0 saturated carbocycles. The topological polar surface area (TPSA) is 84.7 Å². The minimum Gasteiger partial charge on any atom is -0.450 e. The maximum atomic E-state index is 13.3. The maximum absolute atomic E-state index is 13.3. The Balaban J connectivity index is 1.37. The highest BCUT2D eigenvalue weighted by Crippen LogP contribution is 2.63. The van der Waals surface area contributed by atoms with E-state index in [1.165, 1.54) is 11.6 Å². The molecule has 0 bridgehead atoms. The lowest BCUT2D eigenvalue weighted by Crippen LogP contribution is -2.10. The molecule has 2 saturated heterocycles. The van der Waals surface area contributed by atoms with Gasteiger partial charge in [0.2, 0.25) is 5.75 Å². The minimum absolute atomic E-state index is 0.120. The quantitative estimate of drug-likeness (QED) is 0.157. The number of benzene rings is 3. The van der Waals surface area contributed by atoms with Gasteiger partial charge in [0.1, 0.15) is 5.75 Å². The second-order valence-corrected chi connectivity index (χ2v) is 10.9. The molecule has 0 N–H and O–H groups in total. The van der Waals surface area contributed by atoms with E-state index < -0.39 is 18.7 Å². The van der Waals surface area contributed by atoms with Gasteiger partial charge in [0, 0.05) is 32.2 Å². The van der Waals surface area contributed by atoms with Crippen LogP contribution in [0.2, 0.25) is 0 Å². The first-order valence-electron chi connectivity index (χ1n) is 11.3. The SMILES string of the molecule is Cc1ccc(-c2ccc(Oc3cc(C(C)OP(=O)(N4CC4)N4CC4)ccc3[N+](=O)[O-])cc2)cc1. The van der Waals surface area contributed by atoms with Gasteiger partial charge < -0.3 is 4.74 Å². The van der Waals surface area contributed by atoms with Crippen molar-refractivity contribution in [1.82, 2.24) is 9.34 Å². The Bertz CT molecular complexity index is 1240. The summed E-state index contributed by atoms with van der Waals surface area (Å²) in [5, 5.41) is 11.6. The van der Waals surface area contributed by atoms with Gasteiger partial charge in [-0.1, -0.05) is 42.0 Å². The lowest BCUT2D eigenvalue weighted by molar-refractivity contribution is -0.385. The Hall–Kier alpha value is -3.03. The van der Waals surface area contributed by atoms with Crippen LogP contribution >= 0.6 is 7.67 Å². The molecule has 3 aromatic rings. The van der Waals surface area contributed by atoms with Crippen LogP contribution in [0.3, 0.4) is 0 Å². The maximum Gasteiger partial charge on any atom is 0.346 e. The van der Waals surface area contributed by atoms with Gasteiger partial charge in [-0.3, -0.25) is 19.2 Å². The molecule has 2 aliphatic heterocycles. The second-order valence-electron chi connectivity index (χ2n) is 8.62. The van der Waals surface area contributed by atoms with Crippen molar-refractivity contribution in [1.29, 1.82) is 0 Å². The predicted molar refractivity (Wildman–Crippen MR) is 130 cm³/mol. The number of ether oxygens (including phenoxy) is 1. The number of nitro benzene ring substituents is 1. The molecule has 0 spiro atoms. The van der Waals surface area contributed by atoms with Crippen molar-refractivity contribution in [2.45, 2.75) is 20.0 Å². The molecule has 176 valence electrons. The number of rotatable bonds is 9. The summed E-state index contributed by atoms with van der Waals surface area (Å²) in [6.45, 7) is 6.88. The van der Waals surface area contributed by atoms with Crippen LogP contribution in [0, 0.1) is 17.0 Å². The zero-order chi connectivity index (χ0) is 23.9. The Morgan fingerprint density at radius 1 is 0.912 bits per heavy atom. The average molecular weight is 479 g/mol. The summed E-state index contributed by atoms with van der Waals surface area (Å²) in [5.74, 6) is 0.609. The van der Waals surface area contributed by atoms with Gasteiger partial charge in [0.25, 0.3) is 0 Å². The third-order valence-electron chi connectivity index (χ3n) is 5.97. The van der Waals surface area contributed by atoms with Crippen molar-refractivity contribution in [3.63, 3.8) is 0 Å². The molecule has 2 heterocycles. The van der Waals surface area contributed by atoms with Crippen molar-refractivity contribution in [3.8, 4) is 22.6 Å². The van der Waals surface area contributed by atoms with E-state index in [0.717, 1.165) is 37.3 Å². The summed E-state index contributed by atoms with van der Waals surface area (Å²) in [6.07, 6.45) is -0.515. The summed E-state index contributed by atoms with van der Waals surface area (Å²) in [5.41, 5.74) is 3.82. The predicted octanol–water partition coefficient (Wildman–Crippen LogP) is 6.18. The van der Waals surface area contributed by atoms with Crippen LogP contribution < -0.4 is 4.74 Å². The van der Waals surface area contributed by atoms with Crippen LogP contribution in [0.1, 0.15) is 24.2 Å². The van der Waals surface area contributed by atoms with Crippen molar-refractivity contribution in [2.75, 3.05) is 26.2 Å².